The van der Waals surface area contributed by atoms with Gasteiger partial charge in [-0.3, -0.25) is 4.79 Å². The summed E-state index contributed by atoms with van der Waals surface area (Å²) in [5, 5.41) is 3.13. The van der Waals surface area contributed by atoms with Gasteiger partial charge in [0.1, 0.15) is 11.4 Å². The molecule has 0 aliphatic carbocycles. The van der Waals surface area contributed by atoms with Crippen LogP contribution in [0.2, 0.25) is 0 Å². The molecule has 0 unspecified atom stereocenters. The van der Waals surface area contributed by atoms with E-state index in [0.29, 0.717) is 12.2 Å². The van der Waals surface area contributed by atoms with Gasteiger partial charge in [0.05, 0.1) is 7.11 Å². The molecule has 1 aromatic carbocycles. The number of benzene rings is 1. The van der Waals surface area contributed by atoms with E-state index in [0.717, 1.165) is 29.6 Å². The fourth-order valence-electron chi connectivity index (χ4n) is 2.94. The fourth-order valence-corrected chi connectivity index (χ4v) is 3.83. The highest BCUT2D eigenvalue weighted by Crippen LogP contribution is 2.26. The zero-order valence-electron chi connectivity index (χ0n) is 12.3. The van der Waals surface area contributed by atoms with E-state index >= 15 is 0 Å². The maximum absolute atomic E-state index is 12.7. The summed E-state index contributed by atoms with van der Waals surface area (Å²) in [5.41, 5.74) is 2.85. The number of hydrogen-bond donors (Lipinski definition) is 1. The zero-order valence-corrected chi connectivity index (χ0v) is 13.1. The van der Waals surface area contributed by atoms with E-state index in [-0.39, 0.29) is 5.91 Å². The smallest absolute Gasteiger partial charge is 0.270 e. The molecule has 1 amide bonds. The van der Waals surface area contributed by atoms with Gasteiger partial charge in [0.25, 0.3) is 5.91 Å². The van der Waals surface area contributed by atoms with Gasteiger partial charge in [-0.25, -0.2) is 0 Å². The molecule has 0 saturated heterocycles. The van der Waals surface area contributed by atoms with Gasteiger partial charge in [0.15, 0.2) is 0 Å². The van der Waals surface area contributed by atoms with E-state index < -0.39 is 0 Å². The quantitative estimate of drug-likeness (QED) is 0.788. The van der Waals surface area contributed by atoms with E-state index in [1.54, 1.807) is 18.4 Å². The van der Waals surface area contributed by atoms with Gasteiger partial charge in [-0.1, -0.05) is 0 Å². The Morgan fingerprint density at radius 3 is 3.09 bits per heavy atom. The summed E-state index contributed by atoms with van der Waals surface area (Å²) >= 11 is 1.78. The van der Waals surface area contributed by atoms with Gasteiger partial charge in [0, 0.05) is 34.9 Å². The van der Waals surface area contributed by atoms with Crippen LogP contribution in [0.4, 0.5) is 0 Å². The predicted molar refractivity (Wildman–Crippen MR) is 87.6 cm³/mol. The third kappa shape index (κ3) is 2.18. The van der Waals surface area contributed by atoms with Gasteiger partial charge in [-0.05, 0) is 41.6 Å². The van der Waals surface area contributed by atoms with Crippen LogP contribution in [0.3, 0.4) is 0 Å². The maximum Gasteiger partial charge on any atom is 0.270 e. The Morgan fingerprint density at radius 1 is 1.32 bits per heavy atom. The lowest BCUT2D eigenvalue weighted by Gasteiger charge is -2.26. The highest BCUT2D eigenvalue weighted by Gasteiger charge is 2.23. The van der Waals surface area contributed by atoms with Crippen molar-refractivity contribution in [2.24, 2.45) is 0 Å². The summed E-state index contributed by atoms with van der Waals surface area (Å²) in [6, 6.07) is 9.83. The lowest BCUT2D eigenvalue weighted by molar-refractivity contribution is 0.0731. The number of H-pyrrole nitrogens is 1. The molecular weight excluding hydrogens is 296 g/mol. The van der Waals surface area contributed by atoms with Crippen LogP contribution in [0.15, 0.2) is 35.7 Å². The Kier molecular flexibility index (Phi) is 3.15. The number of nitrogens with zero attached hydrogens (tertiary/aromatic N) is 1. The van der Waals surface area contributed by atoms with Crippen molar-refractivity contribution >= 4 is 28.1 Å². The lowest BCUT2D eigenvalue weighted by atomic mass is 10.1. The molecule has 1 N–H and O–H groups in total. The number of rotatable bonds is 2. The second-order valence-corrected chi connectivity index (χ2v) is 6.48. The first-order valence-electron chi connectivity index (χ1n) is 7.26. The normalized spacial score (nSPS) is 14.1. The molecule has 112 valence electrons. The average Bonchev–Trinajstić information content (AvgIpc) is 3.18. The first kappa shape index (κ1) is 13.4. The second-order valence-electron chi connectivity index (χ2n) is 5.48. The number of ether oxygens (including phenoxy) is 1. The van der Waals surface area contributed by atoms with Crippen LogP contribution in [0, 0.1) is 0 Å². The Bertz CT molecular complexity index is 849. The summed E-state index contributed by atoms with van der Waals surface area (Å²) in [6.07, 6.45) is 0.951. The molecule has 22 heavy (non-hydrogen) atoms. The van der Waals surface area contributed by atoms with Gasteiger partial charge in [-0.2, -0.15) is 0 Å². The van der Waals surface area contributed by atoms with Crippen LogP contribution in [0.5, 0.6) is 5.75 Å². The summed E-state index contributed by atoms with van der Waals surface area (Å²) in [5.74, 6) is 0.848. The molecule has 3 heterocycles. The van der Waals surface area contributed by atoms with E-state index in [1.165, 1.54) is 10.4 Å². The molecule has 3 aromatic rings. The monoisotopic (exact) mass is 312 g/mol. The minimum Gasteiger partial charge on any atom is -0.497 e. The van der Waals surface area contributed by atoms with E-state index in [9.17, 15) is 4.79 Å². The topological polar surface area (TPSA) is 45.3 Å². The largest absolute Gasteiger partial charge is 0.497 e. The number of methoxy groups -OCH3 is 1. The molecule has 1 aliphatic heterocycles. The number of carbonyl (C=O) groups is 1. The van der Waals surface area contributed by atoms with Gasteiger partial charge >= 0.3 is 0 Å². The van der Waals surface area contributed by atoms with Crippen molar-refractivity contribution in [3.63, 3.8) is 0 Å². The van der Waals surface area contributed by atoms with Crippen molar-refractivity contribution in [1.82, 2.24) is 9.88 Å². The van der Waals surface area contributed by atoms with Crippen molar-refractivity contribution in [2.75, 3.05) is 13.7 Å². The minimum absolute atomic E-state index is 0.0621. The lowest BCUT2D eigenvalue weighted by Crippen LogP contribution is -2.35. The second kappa shape index (κ2) is 5.18. The SMILES string of the molecule is COc1ccc2cc(C(=O)N3CCc4sccc4C3)[nH]c2c1. The van der Waals surface area contributed by atoms with Crippen molar-refractivity contribution in [3.05, 3.63) is 51.8 Å². The van der Waals surface area contributed by atoms with E-state index in [2.05, 4.69) is 16.4 Å². The molecule has 0 spiro atoms. The summed E-state index contributed by atoms with van der Waals surface area (Å²) in [6.45, 7) is 1.49. The Morgan fingerprint density at radius 2 is 2.23 bits per heavy atom. The molecule has 2 aromatic heterocycles. The first-order chi connectivity index (χ1) is 10.7. The van der Waals surface area contributed by atoms with Gasteiger partial charge < -0.3 is 14.6 Å². The van der Waals surface area contributed by atoms with Crippen LogP contribution in [0.25, 0.3) is 10.9 Å². The predicted octanol–water partition coefficient (Wildman–Crippen LogP) is 3.44. The van der Waals surface area contributed by atoms with Crippen molar-refractivity contribution in [1.29, 1.82) is 0 Å². The highest BCUT2D eigenvalue weighted by molar-refractivity contribution is 7.10. The molecule has 0 radical (unpaired) electrons. The molecule has 1 aliphatic rings. The minimum atomic E-state index is 0.0621. The van der Waals surface area contributed by atoms with Crippen LogP contribution in [0.1, 0.15) is 20.9 Å². The van der Waals surface area contributed by atoms with E-state index in [4.69, 9.17) is 4.74 Å². The summed E-state index contributed by atoms with van der Waals surface area (Å²) in [4.78, 5) is 19.3. The van der Waals surface area contributed by atoms with Crippen LogP contribution in [-0.2, 0) is 13.0 Å². The highest BCUT2D eigenvalue weighted by atomic mass is 32.1. The van der Waals surface area contributed by atoms with Crippen LogP contribution >= 0.6 is 11.3 Å². The number of fused-ring (bicyclic) bond motifs is 2. The zero-order chi connectivity index (χ0) is 15.1. The molecule has 0 saturated carbocycles. The van der Waals surface area contributed by atoms with E-state index in [1.807, 2.05) is 29.2 Å². The van der Waals surface area contributed by atoms with Crippen molar-refractivity contribution in [2.45, 2.75) is 13.0 Å². The Labute approximate surface area is 132 Å². The third-order valence-corrected chi connectivity index (χ3v) is 5.18. The molecule has 4 nitrogen and oxygen atoms in total. The number of carbonyl (C=O) groups excluding carboxylic acids is 1. The Hall–Kier alpha value is -2.27. The number of thiophene rings is 1. The number of amides is 1. The summed E-state index contributed by atoms with van der Waals surface area (Å²) < 4.78 is 5.22. The Balaban J connectivity index is 1.63. The number of hydrogen-bond acceptors (Lipinski definition) is 3. The molecule has 4 rings (SSSR count). The fraction of sp³-hybridized carbons (Fsp3) is 0.235. The number of nitrogens with one attached hydrogen (secondary N) is 1. The van der Waals surface area contributed by atoms with Crippen LogP contribution in [-0.4, -0.2) is 29.4 Å². The maximum atomic E-state index is 12.7. The molecule has 0 bridgehead atoms. The molecule has 0 fully saturated rings. The van der Waals surface area contributed by atoms with Crippen molar-refractivity contribution < 1.29 is 9.53 Å². The average molecular weight is 312 g/mol. The molecular formula is C17H16N2O2S. The third-order valence-electron chi connectivity index (χ3n) is 4.15. The van der Waals surface area contributed by atoms with Gasteiger partial charge in [-0.15, -0.1) is 11.3 Å². The van der Waals surface area contributed by atoms with Crippen LogP contribution < -0.4 is 4.74 Å². The number of aromatic amines is 1. The summed E-state index contributed by atoms with van der Waals surface area (Å²) in [7, 11) is 1.64. The molecule has 5 heteroatoms. The standard InChI is InChI=1S/C17H16N2O2S/c1-21-13-3-2-11-8-15(18-14(11)9-13)17(20)19-6-4-16-12(10-19)5-7-22-16/h2-3,5,7-9,18H,4,6,10H2,1H3. The van der Waals surface area contributed by atoms with Gasteiger partial charge in [0.2, 0.25) is 0 Å². The first-order valence-corrected chi connectivity index (χ1v) is 8.14. The number of aromatic nitrogens is 1. The van der Waals surface area contributed by atoms with Crippen molar-refractivity contribution in [3.8, 4) is 5.75 Å². The molecule has 0 atom stereocenters.